The predicted octanol–water partition coefficient (Wildman–Crippen LogP) is 2.46. The molecule has 2 aliphatic rings. The molecule has 114 valence electrons. The van der Waals surface area contributed by atoms with Crippen molar-refractivity contribution in [2.75, 3.05) is 7.05 Å². The lowest BCUT2D eigenvalue weighted by Crippen LogP contribution is -2.29. The molecule has 1 fully saturated rings. The third-order valence-corrected chi connectivity index (χ3v) is 4.70. The summed E-state index contributed by atoms with van der Waals surface area (Å²) in [5.74, 6) is -1.19. The smallest absolute Gasteiger partial charge is 0.238 e. The van der Waals surface area contributed by atoms with Gasteiger partial charge in [0, 0.05) is 7.05 Å². The molecule has 0 radical (unpaired) electrons. The first-order chi connectivity index (χ1) is 11.2. The predicted molar refractivity (Wildman–Crippen MR) is 86.9 cm³/mol. The van der Waals surface area contributed by atoms with E-state index in [4.69, 9.17) is 4.99 Å². The molecule has 23 heavy (non-hydrogen) atoms. The maximum absolute atomic E-state index is 12.6. The fourth-order valence-electron chi connectivity index (χ4n) is 3.55. The zero-order valence-electron chi connectivity index (χ0n) is 12.7. The zero-order chi connectivity index (χ0) is 16.0. The number of amides is 2. The highest BCUT2D eigenvalue weighted by Crippen LogP contribution is 2.45. The number of hydrogen-bond acceptors (Lipinski definition) is 3. The van der Waals surface area contributed by atoms with Gasteiger partial charge in [-0.05, 0) is 11.1 Å². The molecule has 3 atom stereocenters. The molecule has 0 aliphatic carbocycles. The van der Waals surface area contributed by atoms with Crippen LogP contribution in [0.1, 0.15) is 17.2 Å². The summed E-state index contributed by atoms with van der Waals surface area (Å²) >= 11 is 0. The van der Waals surface area contributed by atoms with E-state index in [9.17, 15) is 9.59 Å². The second kappa shape index (κ2) is 5.16. The van der Waals surface area contributed by atoms with Crippen molar-refractivity contribution < 1.29 is 9.59 Å². The van der Waals surface area contributed by atoms with Gasteiger partial charge in [-0.1, -0.05) is 60.7 Å². The van der Waals surface area contributed by atoms with E-state index in [0.717, 1.165) is 16.8 Å². The molecule has 4 heteroatoms. The topological polar surface area (TPSA) is 49.7 Å². The summed E-state index contributed by atoms with van der Waals surface area (Å²) in [6.45, 7) is 0. The highest BCUT2D eigenvalue weighted by molar-refractivity contribution is 6.23. The molecule has 0 unspecified atom stereocenters. The van der Waals surface area contributed by atoms with Crippen LogP contribution in [0.4, 0.5) is 0 Å². The van der Waals surface area contributed by atoms with Crippen LogP contribution in [0.2, 0.25) is 0 Å². The van der Waals surface area contributed by atoms with E-state index in [-0.39, 0.29) is 17.9 Å². The lowest BCUT2D eigenvalue weighted by atomic mass is 9.84. The van der Waals surface area contributed by atoms with E-state index in [1.165, 1.54) is 4.90 Å². The van der Waals surface area contributed by atoms with Gasteiger partial charge in [0.25, 0.3) is 0 Å². The molecular formula is C19H16N2O2. The van der Waals surface area contributed by atoms with Crippen LogP contribution in [0.15, 0.2) is 65.7 Å². The van der Waals surface area contributed by atoms with Gasteiger partial charge in [-0.15, -0.1) is 0 Å². The third-order valence-electron chi connectivity index (χ3n) is 4.70. The fourth-order valence-corrected chi connectivity index (χ4v) is 3.55. The summed E-state index contributed by atoms with van der Waals surface area (Å²) in [5, 5.41) is 0. The van der Waals surface area contributed by atoms with Gasteiger partial charge in [-0.25, -0.2) is 0 Å². The van der Waals surface area contributed by atoms with E-state index in [0.29, 0.717) is 0 Å². The van der Waals surface area contributed by atoms with E-state index < -0.39 is 11.8 Å². The largest absolute Gasteiger partial charge is 0.285 e. The minimum Gasteiger partial charge on any atom is -0.285 e. The number of benzene rings is 2. The average molecular weight is 304 g/mol. The average Bonchev–Trinajstić information content (AvgIpc) is 3.10. The van der Waals surface area contributed by atoms with Crippen LogP contribution in [0.3, 0.4) is 0 Å². The third kappa shape index (κ3) is 2.02. The normalized spacial score (nSPS) is 26.4. The van der Waals surface area contributed by atoms with Crippen LogP contribution < -0.4 is 0 Å². The van der Waals surface area contributed by atoms with Crippen molar-refractivity contribution in [1.29, 1.82) is 0 Å². The summed E-state index contributed by atoms with van der Waals surface area (Å²) < 4.78 is 0. The van der Waals surface area contributed by atoms with Crippen molar-refractivity contribution in [2.45, 2.75) is 6.04 Å². The molecule has 4 nitrogen and oxygen atoms in total. The number of likely N-dealkylation sites (tertiary alicyclic amines) is 1. The fraction of sp³-hybridized carbons (Fsp3) is 0.211. The molecule has 1 saturated heterocycles. The number of nitrogens with zero attached hydrogens (tertiary/aromatic N) is 2. The number of carbonyl (C=O) groups is 2. The van der Waals surface area contributed by atoms with Crippen molar-refractivity contribution >= 4 is 17.5 Å². The first-order valence-corrected chi connectivity index (χ1v) is 7.68. The van der Waals surface area contributed by atoms with Crippen LogP contribution in [0, 0.1) is 11.8 Å². The Labute approximate surface area is 134 Å². The summed E-state index contributed by atoms with van der Waals surface area (Å²) in [7, 11) is 1.56. The molecular weight excluding hydrogens is 288 g/mol. The number of rotatable bonds is 2. The van der Waals surface area contributed by atoms with Gasteiger partial charge >= 0.3 is 0 Å². The Morgan fingerprint density at radius 1 is 0.870 bits per heavy atom. The van der Waals surface area contributed by atoms with Gasteiger partial charge in [0.15, 0.2) is 0 Å². The first-order valence-electron chi connectivity index (χ1n) is 7.68. The summed E-state index contributed by atoms with van der Waals surface area (Å²) in [5.41, 5.74) is 2.62. The molecule has 0 spiro atoms. The minimum absolute atomic E-state index is 0.136. The molecule has 2 aromatic carbocycles. The van der Waals surface area contributed by atoms with Crippen LogP contribution in [-0.2, 0) is 9.59 Å². The van der Waals surface area contributed by atoms with E-state index in [2.05, 4.69) is 0 Å². The molecule has 2 amide bonds. The lowest BCUT2D eigenvalue weighted by Gasteiger charge is -2.15. The first kappa shape index (κ1) is 13.9. The minimum atomic E-state index is -0.472. The van der Waals surface area contributed by atoms with Crippen LogP contribution >= 0.6 is 0 Å². The molecule has 0 aromatic heterocycles. The number of imide groups is 1. The van der Waals surface area contributed by atoms with Crippen molar-refractivity contribution in [3.8, 4) is 0 Å². The Balaban J connectivity index is 1.86. The van der Waals surface area contributed by atoms with Gasteiger partial charge < -0.3 is 0 Å². The molecule has 2 aromatic rings. The summed E-state index contributed by atoms with van der Waals surface area (Å²) in [6, 6.07) is 19.1. The highest BCUT2D eigenvalue weighted by Gasteiger charge is 2.55. The summed E-state index contributed by atoms with van der Waals surface area (Å²) in [4.78, 5) is 31.2. The number of aliphatic imine (C=N–C) groups is 1. The molecule has 0 N–H and O–H groups in total. The standard InChI is InChI=1S/C19H16N2O2/c1-21-18(22)14-15(19(21)23)17(13-10-6-3-7-11-13)20-16(14)12-8-4-2-5-9-12/h2-11,14-16H,1H3/t14-,15+,16-/m1/s1. The van der Waals surface area contributed by atoms with E-state index in [1.54, 1.807) is 7.05 Å². The molecule has 2 heterocycles. The lowest BCUT2D eigenvalue weighted by molar-refractivity contribution is -0.138. The van der Waals surface area contributed by atoms with E-state index >= 15 is 0 Å². The second-order valence-corrected chi connectivity index (χ2v) is 5.97. The monoisotopic (exact) mass is 304 g/mol. The van der Waals surface area contributed by atoms with Crippen molar-refractivity contribution in [1.82, 2.24) is 4.90 Å². The highest BCUT2D eigenvalue weighted by atomic mass is 16.2. The van der Waals surface area contributed by atoms with Crippen LogP contribution in [0.25, 0.3) is 0 Å². The Kier molecular flexibility index (Phi) is 3.11. The summed E-state index contributed by atoms with van der Waals surface area (Å²) in [6.07, 6.45) is 0. The van der Waals surface area contributed by atoms with Gasteiger partial charge in [0.2, 0.25) is 11.8 Å². The Morgan fingerprint density at radius 3 is 2.13 bits per heavy atom. The molecule has 0 bridgehead atoms. The van der Waals surface area contributed by atoms with Crippen LogP contribution in [-0.4, -0.2) is 29.5 Å². The molecule has 2 aliphatic heterocycles. The SMILES string of the molecule is CN1C(=O)[C@@H]2C(c3ccccc3)=N[C@H](c3ccccc3)[C@@H]2C1=O. The van der Waals surface area contributed by atoms with E-state index in [1.807, 2.05) is 60.7 Å². The Morgan fingerprint density at radius 2 is 1.48 bits per heavy atom. The molecule has 0 saturated carbocycles. The molecule has 4 rings (SSSR count). The second-order valence-electron chi connectivity index (χ2n) is 5.97. The van der Waals surface area contributed by atoms with Gasteiger partial charge in [-0.2, -0.15) is 0 Å². The number of carbonyl (C=O) groups excluding carboxylic acids is 2. The van der Waals surface area contributed by atoms with Gasteiger partial charge in [-0.3, -0.25) is 19.5 Å². The van der Waals surface area contributed by atoms with Gasteiger partial charge in [0.1, 0.15) is 0 Å². The quantitative estimate of drug-likeness (QED) is 0.800. The van der Waals surface area contributed by atoms with Crippen molar-refractivity contribution in [3.63, 3.8) is 0 Å². The van der Waals surface area contributed by atoms with Crippen molar-refractivity contribution in [3.05, 3.63) is 71.8 Å². The number of fused-ring (bicyclic) bond motifs is 1. The maximum atomic E-state index is 12.6. The Hall–Kier alpha value is -2.75. The van der Waals surface area contributed by atoms with Crippen LogP contribution in [0.5, 0.6) is 0 Å². The van der Waals surface area contributed by atoms with Crippen molar-refractivity contribution in [2.24, 2.45) is 16.8 Å². The number of hydrogen-bond donors (Lipinski definition) is 0. The Bertz CT molecular complexity index is 799. The maximum Gasteiger partial charge on any atom is 0.238 e. The van der Waals surface area contributed by atoms with Gasteiger partial charge in [0.05, 0.1) is 23.6 Å². The zero-order valence-corrected chi connectivity index (χ0v) is 12.7.